The molecule has 1 aliphatic heterocycles. The van der Waals surface area contributed by atoms with Gasteiger partial charge in [-0.25, -0.2) is 18.1 Å². The van der Waals surface area contributed by atoms with Gasteiger partial charge in [0.15, 0.2) is 6.61 Å². The number of carbonyl (C=O) groups excluding carboxylic acids is 2. The molecule has 1 aromatic carbocycles. The molecule has 0 N–H and O–H groups in total. The molecular formula is C9H6ClNO5S. The number of nitrogens with zero attached hydrogens (tertiary/aromatic N) is 1. The van der Waals surface area contributed by atoms with Crippen molar-refractivity contribution in [3.05, 3.63) is 24.3 Å². The lowest BCUT2D eigenvalue weighted by Crippen LogP contribution is -2.28. The molecule has 0 unspecified atom stereocenters. The summed E-state index contributed by atoms with van der Waals surface area (Å²) in [5.74, 6) is -0.556. The molecule has 6 nitrogen and oxygen atoms in total. The summed E-state index contributed by atoms with van der Waals surface area (Å²) in [6, 6.07) is 5.18. The van der Waals surface area contributed by atoms with Crippen LogP contribution in [0.15, 0.2) is 29.2 Å². The lowest BCUT2D eigenvalue weighted by atomic mass is 10.3. The molecule has 2 amide bonds. The van der Waals surface area contributed by atoms with Crippen LogP contribution in [0.4, 0.5) is 10.5 Å². The maximum Gasteiger partial charge on any atom is 0.421 e. The van der Waals surface area contributed by atoms with Gasteiger partial charge in [0.25, 0.3) is 15.0 Å². The standard InChI is InChI=1S/C9H6ClNO5S/c10-17(14,15)7-3-1-2-6(4-7)11-8(12)5-16-9(11)13/h1-4H,5H2. The summed E-state index contributed by atoms with van der Waals surface area (Å²) in [4.78, 5) is 23.2. The SMILES string of the molecule is O=C1COC(=O)N1c1cccc(S(=O)(=O)Cl)c1. The number of halogens is 1. The molecule has 1 heterocycles. The molecule has 0 spiro atoms. The first-order valence-corrected chi connectivity index (χ1v) is 6.75. The highest BCUT2D eigenvalue weighted by Gasteiger charge is 2.32. The quantitative estimate of drug-likeness (QED) is 0.755. The van der Waals surface area contributed by atoms with Gasteiger partial charge in [-0.05, 0) is 18.2 Å². The van der Waals surface area contributed by atoms with Crippen LogP contribution in [-0.4, -0.2) is 27.0 Å². The number of ether oxygens (including phenoxy) is 1. The lowest BCUT2D eigenvalue weighted by molar-refractivity contribution is -0.117. The van der Waals surface area contributed by atoms with Crippen LogP contribution in [0.3, 0.4) is 0 Å². The van der Waals surface area contributed by atoms with Crippen molar-refractivity contribution in [1.82, 2.24) is 0 Å². The van der Waals surface area contributed by atoms with Gasteiger partial charge in [0, 0.05) is 10.7 Å². The van der Waals surface area contributed by atoms with Crippen LogP contribution in [0.25, 0.3) is 0 Å². The van der Waals surface area contributed by atoms with E-state index in [0.717, 1.165) is 11.0 Å². The predicted molar refractivity (Wildman–Crippen MR) is 58.3 cm³/mol. The summed E-state index contributed by atoms with van der Waals surface area (Å²) >= 11 is 0. The van der Waals surface area contributed by atoms with E-state index in [9.17, 15) is 18.0 Å². The second-order valence-electron chi connectivity index (χ2n) is 3.22. The van der Waals surface area contributed by atoms with Gasteiger partial charge in [0.1, 0.15) is 0 Å². The highest BCUT2D eigenvalue weighted by molar-refractivity contribution is 8.13. The van der Waals surface area contributed by atoms with Crippen molar-refractivity contribution < 1.29 is 22.7 Å². The van der Waals surface area contributed by atoms with Crippen molar-refractivity contribution in [3.8, 4) is 0 Å². The molecule has 0 bridgehead atoms. The number of rotatable bonds is 2. The maximum absolute atomic E-state index is 11.3. The molecule has 2 rings (SSSR count). The Hall–Kier alpha value is -1.60. The third kappa shape index (κ3) is 2.25. The van der Waals surface area contributed by atoms with E-state index in [2.05, 4.69) is 4.74 Å². The van der Waals surface area contributed by atoms with E-state index in [-0.39, 0.29) is 17.2 Å². The van der Waals surface area contributed by atoms with Gasteiger partial charge in [-0.15, -0.1) is 0 Å². The van der Waals surface area contributed by atoms with Crippen molar-refractivity contribution in [2.24, 2.45) is 0 Å². The molecule has 1 aliphatic rings. The molecule has 1 saturated heterocycles. The first kappa shape index (κ1) is 11.9. The van der Waals surface area contributed by atoms with E-state index in [1.807, 2.05) is 0 Å². The predicted octanol–water partition coefficient (Wildman–Crippen LogP) is 1.10. The number of hydrogen-bond donors (Lipinski definition) is 0. The average molecular weight is 276 g/mol. The second-order valence-corrected chi connectivity index (χ2v) is 5.78. The van der Waals surface area contributed by atoms with Crippen molar-refractivity contribution in [2.45, 2.75) is 4.90 Å². The Balaban J connectivity index is 2.47. The fourth-order valence-corrected chi connectivity index (χ4v) is 2.17. The van der Waals surface area contributed by atoms with Gasteiger partial charge in [-0.2, -0.15) is 0 Å². The summed E-state index contributed by atoms with van der Waals surface area (Å²) in [5.41, 5.74) is 0.110. The fourth-order valence-electron chi connectivity index (χ4n) is 1.38. The van der Waals surface area contributed by atoms with Gasteiger partial charge in [-0.1, -0.05) is 6.07 Å². The lowest BCUT2D eigenvalue weighted by Gasteiger charge is -2.11. The summed E-state index contributed by atoms with van der Waals surface area (Å²) in [5, 5.41) is 0. The average Bonchev–Trinajstić information content (AvgIpc) is 2.57. The zero-order valence-corrected chi connectivity index (χ0v) is 9.86. The van der Waals surface area contributed by atoms with Crippen LogP contribution in [0, 0.1) is 0 Å². The first-order chi connectivity index (χ1) is 7.89. The van der Waals surface area contributed by atoms with Crippen molar-refractivity contribution in [2.75, 3.05) is 11.5 Å². The van der Waals surface area contributed by atoms with Crippen molar-refractivity contribution in [3.63, 3.8) is 0 Å². The van der Waals surface area contributed by atoms with Crippen LogP contribution in [0.1, 0.15) is 0 Å². The summed E-state index contributed by atoms with van der Waals surface area (Å²) in [6.45, 7) is -0.351. The molecule has 0 aliphatic carbocycles. The van der Waals surface area contributed by atoms with Crippen LogP contribution >= 0.6 is 10.7 Å². The molecule has 1 fully saturated rings. The van der Waals surface area contributed by atoms with Gasteiger partial charge in [0.2, 0.25) is 0 Å². The van der Waals surface area contributed by atoms with Crippen LogP contribution in [0.2, 0.25) is 0 Å². The van der Waals surface area contributed by atoms with Gasteiger partial charge < -0.3 is 4.74 Å². The maximum atomic E-state index is 11.3. The molecule has 0 atom stereocenters. The van der Waals surface area contributed by atoms with E-state index >= 15 is 0 Å². The summed E-state index contributed by atoms with van der Waals surface area (Å²) in [6.07, 6.45) is -0.834. The monoisotopic (exact) mass is 275 g/mol. The number of carbonyl (C=O) groups is 2. The van der Waals surface area contributed by atoms with Crippen LogP contribution in [-0.2, 0) is 18.6 Å². The Morgan fingerprint density at radius 3 is 2.53 bits per heavy atom. The third-order valence-corrected chi connectivity index (χ3v) is 3.46. The number of amides is 2. The van der Waals surface area contributed by atoms with Crippen molar-refractivity contribution >= 4 is 37.4 Å². The van der Waals surface area contributed by atoms with E-state index in [1.165, 1.54) is 18.2 Å². The number of anilines is 1. The minimum atomic E-state index is -3.91. The zero-order valence-electron chi connectivity index (χ0n) is 8.29. The Morgan fingerprint density at radius 2 is 2.00 bits per heavy atom. The molecule has 0 saturated carbocycles. The van der Waals surface area contributed by atoms with Crippen LogP contribution in [0.5, 0.6) is 0 Å². The molecule has 1 aromatic rings. The number of cyclic esters (lactones) is 1. The normalized spacial score (nSPS) is 16.2. The van der Waals surface area contributed by atoms with Gasteiger partial charge in [-0.3, -0.25) is 4.79 Å². The summed E-state index contributed by atoms with van der Waals surface area (Å²) < 4.78 is 26.7. The molecule has 90 valence electrons. The number of benzene rings is 1. The second kappa shape index (κ2) is 4.01. The Morgan fingerprint density at radius 1 is 1.29 bits per heavy atom. The highest BCUT2D eigenvalue weighted by atomic mass is 35.7. The Kier molecular flexibility index (Phi) is 2.80. The zero-order chi connectivity index (χ0) is 12.6. The van der Waals surface area contributed by atoms with E-state index in [4.69, 9.17) is 10.7 Å². The van der Waals surface area contributed by atoms with Gasteiger partial charge >= 0.3 is 6.09 Å². The smallest absolute Gasteiger partial charge is 0.421 e. The molecule has 8 heteroatoms. The third-order valence-electron chi connectivity index (χ3n) is 2.11. The highest BCUT2D eigenvalue weighted by Crippen LogP contribution is 2.24. The largest absolute Gasteiger partial charge is 0.439 e. The minimum Gasteiger partial charge on any atom is -0.439 e. The topological polar surface area (TPSA) is 80.8 Å². The van der Waals surface area contributed by atoms with Crippen LogP contribution < -0.4 is 4.90 Å². The first-order valence-electron chi connectivity index (χ1n) is 4.44. The molecule has 17 heavy (non-hydrogen) atoms. The van der Waals surface area contributed by atoms with E-state index in [1.54, 1.807) is 0 Å². The van der Waals surface area contributed by atoms with E-state index in [0.29, 0.717) is 0 Å². The molecular weight excluding hydrogens is 270 g/mol. The fraction of sp³-hybridized carbons (Fsp3) is 0.111. The van der Waals surface area contributed by atoms with Gasteiger partial charge in [0.05, 0.1) is 10.6 Å². The van der Waals surface area contributed by atoms with E-state index < -0.39 is 21.1 Å². The summed E-state index contributed by atoms with van der Waals surface area (Å²) in [7, 11) is 1.25. The number of hydrogen-bond acceptors (Lipinski definition) is 5. The molecule has 0 aromatic heterocycles. The Bertz CT molecular complexity index is 581. The number of imide groups is 1. The molecule has 0 radical (unpaired) electrons. The Labute approximate surface area is 101 Å². The minimum absolute atomic E-state index is 0.110. The van der Waals surface area contributed by atoms with Crippen molar-refractivity contribution in [1.29, 1.82) is 0 Å².